The van der Waals surface area contributed by atoms with Gasteiger partial charge in [-0.05, 0) is 45.4 Å². The van der Waals surface area contributed by atoms with Gasteiger partial charge in [-0.2, -0.15) is 0 Å². The molecule has 0 unspecified atom stereocenters. The second kappa shape index (κ2) is 8.52. The first-order valence-electron chi connectivity index (χ1n) is 9.67. The number of hydrogen-bond donors (Lipinski definition) is 1. The maximum absolute atomic E-state index is 12.3. The molecule has 30 heavy (non-hydrogen) atoms. The number of hydrogen-bond acceptors (Lipinski definition) is 8. The van der Waals surface area contributed by atoms with E-state index in [9.17, 15) is 14.9 Å². The Morgan fingerprint density at radius 2 is 2.00 bits per heavy atom. The zero-order valence-corrected chi connectivity index (χ0v) is 17.5. The lowest BCUT2D eigenvalue weighted by atomic mass is 10.2. The van der Waals surface area contributed by atoms with Gasteiger partial charge in [0.25, 0.3) is 0 Å². The van der Waals surface area contributed by atoms with Crippen LogP contribution in [0, 0.1) is 10.1 Å². The van der Waals surface area contributed by atoms with Crippen LogP contribution in [-0.2, 0) is 4.74 Å². The lowest BCUT2D eigenvalue weighted by molar-refractivity contribution is -0.384. The highest BCUT2D eigenvalue weighted by molar-refractivity contribution is 5.69. The Hall–Kier alpha value is -3.43. The average molecular weight is 414 g/mol. The van der Waals surface area contributed by atoms with Crippen LogP contribution in [0.25, 0.3) is 0 Å². The quantitative estimate of drug-likeness (QED) is 0.583. The summed E-state index contributed by atoms with van der Waals surface area (Å²) in [6.45, 7) is 6.74. The number of amides is 1. The molecule has 1 aliphatic rings. The Balaban J connectivity index is 1.75. The molecule has 160 valence electrons. The lowest BCUT2D eigenvalue weighted by Gasteiger charge is -2.28. The lowest BCUT2D eigenvalue weighted by Crippen LogP contribution is -2.42. The van der Waals surface area contributed by atoms with Crippen molar-refractivity contribution in [1.82, 2.24) is 14.9 Å². The van der Waals surface area contributed by atoms with E-state index < -0.39 is 10.5 Å². The number of nitro groups is 1. The van der Waals surface area contributed by atoms with Gasteiger partial charge >= 0.3 is 11.8 Å². The van der Waals surface area contributed by atoms with Gasteiger partial charge in [0, 0.05) is 44.3 Å². The molecule has 0 aliphatic carbocycles. The van der Waals surface area contributed by atoms with Crippen molar-refractivity contribution in [1.29, 1.82) is 0 Å². The fourth-order valence-electron chi connectivity index (χ4n) is 3.18. The summed E-state index contributed by atoms with van der Waals surface area (Å²) in [4.78, 5) is 35.3. The van der Waals surface area contributed by atoms with E-state index in [1.165, 1.54) is 6.07 Å². The third-order valence-corrected chi connectivity index (χ3v) is 4.72. The first-order valence-corrected chi connectivity index (χ1v) is 9.67. The first-order chi connectivity index (χ1) is 14.1. The van der Waals surface area contributed by atoms with Crippen LogP contribution in [0.3, 0.4) is 0 Å². The molecule has 1 atom stereocenters. The standard InChI is InChI=1S/C20H26N6O4/c1-20(2,3)30-19(27)24(4)15-9-12-25(13-15)17-6-5-16(26(28)29)18(23-17)22-14-7-10-21-11-8-14/h5-8,10-11,15H,9,12-13H2,1-4H3,(H,21,22,23)/t15-/m0/s1. The van der Waals surface area contributed by atoms with Crippen molar-refractivity contribution >= 4 is 29.1 Å². The minimum Gasteiger partial charge on any atom is -0.444 e. The van der Waals surface area contributed by atoms with E-state index in [0.717, 1.165) is 6.42 Å². The minimum atomic E-state index is -0.558. The fraction of sp³-hybridized carbons (Fsp3) is 0.450. The monoisotopic (exact) mass is 414 g/mol. The van der Waals surface area contributed by atoms with E-state index in [2.05, 4.69) is 15.3 Å². The molecule has 1 amide bonds. The predicted molar refractivity (Wildman–Crippen MR) is 113 cm³/mol. The minimum absolute atomic E-state index is 0.0338. The van der Waals surface area contributed by atoms with Crippen molar-refractivity contribution in [3.05, 3.63) is 46.8 Å². The van der Waals surface area contributed by atoms with Crippen molar-refractivity contribution in [3.8, 4) is 0 Å². The molecule has 10 heteroatoms. The van der Waals surface area contributed by atoms with Crippen LogP contribution in [0.2, 0.25) is 0 Å². The Morgan fingerprint density at radius 3 is 2.63 bits per heavy atom. The number of likely N-dealkylation sites (N-methyl/N-ethyl adjacent to an activating group) is 1. The molecule has 3 rings (SSSR count). The average Bonchev–Trinajstić information content (AvgIpc) is 3.16. The maximum atomic E-state index is 12.3. The molecule has 0 saturated carbocycles. The molecule has 0 spiro atoms. The van der Waals surface area contributed by atoms with Crippen LogP contribution in [0.1, 0.15) is 27.2 Å². The van der Waals surface area contributed by atoms with Gasteiger partial charge in [-0.3, -0.25) is 15.1 Å². The summed E-state index contributed by atoms with van der Waals surface area (Å²) in [5.41, 5.74) is -0.0178. The molecule has 10 nitrogen and oxygen atoms in total. The molecule has 0 aromatic carbocycles. The van der Waals surface area contributed by atoms with Gasteiger partial charge in [-0.1, -0.05) is 0 Å². The summed E-state index contributed by atoms with van der Waals surface area (Å²) in [5.74, 6) is 0.768. The van der Waals surface area contributed by atoms with E-state index in [4.69, 9.17) is 4.74 Å². The van der Waals surface area contributed by atoms with Gasteiger partial charge in [0.15, 0.2) is 0 Å². The summed E-state index contributed by atoms with van der Waals surface area (Å²) >= 11 is 0. The third kappa shape index (κ3) is 5.13. The number of nitrogens with one attached hydrogen (secondary N) is 1. The van der Waals surface area contributed by atoms with Gasteiger partial charge in [0.2, 0.25) is 5.82 Å². The molecular formula is C20H26N6O4. The molecular weight excluding hydrogens is 388 g/mol. The molecule has 1 saturated heterocycles. The molecule has 3 heterocycles. The van der Waals surface area contributed by atoms with Crippen molar-refractivity contribution in [2.75, 3.05) is 30.4 Å². The van der Waals surface area contributed by atoms with Gasteiger partial charge in [0.1, 0.15) is 11.4 Å². The summed E-state index contributed by atoms with van der Waals surface area (Å²) < 4.78 is 5.44. The Kier molecular flexibility index (Phi) is 6.04. The fourth-order valence-corrected chi connectivity index (χ4v) is 3.18. The van der Waals surface area contributed by atoms with Crippen LogP contribution in [0.4, 0.5) is 27.8 Å². The van der Waals surface area contributed by atoms with E-state index in [-0.39, 0.29) is 23.6 Å². The topological polar surface area (TPSA) is 114 Å². The summed E-state index contributed by atoms with van der Waals surface area (Å²) in [6, 6.07) is 6.45. The zero-order valence-electron chi connectivity index (χ0n) is 17.5. The number of nitrogens with zero attached hydrogens (tertiary/aromatic N) is 5. The van der Waals surface area contributed by atoms with Crippen LogP contribution < -0.4 is 10.2 Å². The number of aromatic nitrogens is 2. The van der Waals surface area contributed by atoms with Gasteiger partial charge in [-0.25, -0.2) is 9.78 Å². The second-order valence-corrected chi connectivity index (χ2v) is 8.13. The third-order valence-electron chi connectivity index (χ3n) is 4.72. The van der Waals surface area contributed by atoms with Crippen molar-refractivity contribution in [2.24, 2.45) is 0 Å². The van der Waals surface area contributed by atoms with E-state index in [0.29, 0.717) is 24.6 Å². The molecule has 2 aromatic rings. The van der Waals surface area contributed by atoms with Crippen LogP contribution >= 0.6 is 0 Å². The van der Waals surface area contributed by atoms with E-state index >= 15 is 0 Å². The number of carbonyl (C=O) groups is 1. The maximum Gasteiger partial charge on any atom is 0.410 e. The zero-order chi connectivity index (χ0) is 21.9. The second-order valence-electron chi connectivity index (χ2n) is 8.13. The Bertz CT molecular complexity index is 915. The molecule has 0 radical (unpaired) electrons. The SMILES string of the molecule is CN(C(=O)OC(C)(C)C)[C@H]1CCN(c2ccc([N+](=O)[O-])c(Nc3ccncc3)n2)C1. The Morgan fingerprint density at radius 1 is 1.30 bits per heavy atom. The van der Waals surface area contributed by atoms with Crippen molar-refractivity contribution < 1.29 is 14.5 Å². The van der Waals surface area contributed by atoms with E-state index in [1.54, 1.807) is 42.5 Å². The van der Waals surface area contributed by atoms with Gasteiger partial charge in [0.05, 0.1) is 11.0 Å². The number of pyridine rings is 2. The van der Waals surface area contributed by atoms with Gasteiger partial charge < -0.3 is 19.9 Å². The van der Waals surface area contributed by atoms with Crippen LogP contribution in [0.5, 0.6) is 0 Å². The highest BCUT2D eigenvalue weighted by atomic mass is 16.6. The predicted octanol–water partition coefficient (Wildman–Crippen LogP) is 3.57. The highest BCUT2D eigenvalue weighted by Gasteiger charge is 2.32. The number of anilines is 3. The number of rotatable bonds is 5. The molecule has 2 aromatic heterocycles. The highest BCUT2D eigenvalue weighted by Crippen LogP contribution is 2.30. The first kappa shape index (κ1) is 21.3. The summed E-state index contributed by atoms with van der Waals surface area (Å²) in [6.07, 6.45) is 3.57. The van der Waals surface area contributed by atoms with E-state index in [1.807, 2.05) is 25.7 Å². The summed E-state index contributed by atoms with van der Waals surface area (Å²) in [7, 11) is 1.72. The molecule has 0 bridgehead atoms. The van der Waals surface area contributed by atoms with Crippen molar-refractivity contribution in [3.63, 3.8) is 0 Å². The largest absolute Gasteiger partial charge is 0.444 e. The molecule has 1 N–H and O–H groups in total. The molecule has 1 aliphatic heterocycles. The Labute approximate surface area is 175 Å². The number of ether oxygens (including phenoxy) is 1. The van der Waals surface area contributed by atoms with Crippen LogP contribution in [0.15, 0.2) is 36.7 Å². The van der Waals surface area contributed by atoms with Crippen LogP contribution in [-0.4, -0.2) is 57.7 Å². The normalized spacial score (nSPS) is 16.3. The number of carbonyl (C=O) groups excluding carboxylic acids is 1. The van der Waals surface area contributed by atoms with Gasteiger partial charge in [-0.15, -0.1) is 0 Å². The molecule has 1 fully saturated rings. The van der Waals surface area contributed by atoms with Crippen molar-refractivity contribution in [2.45, 2.75) is 38.8 Å². The smallest absolute Gasteiger partial charge is 0.410 e. The summed E-state index contributed by atoms with van der Waals surface area (Å²) in [5, 5.41) is 14.4.